The highest BCUT2D eigenvalue weighted by Gasteiger charge is 2.11. The molecule has 0 spiro atoms. The van der Waals surface area contributed by atoms with E-state index in [1.165, 1.54) is 6.07 Å². The molecule has 0 aliphatic heterocycles. The summed E-state index contributed by atoms with van der Waals surface area (Å²) in [7, 11) is 0. The molecule has 1 aromatic carbocycles. The summed E-state index contributed by atoms with van der Waals surface area (Å²) in [5.41, 5.74) is 0.861. The zero-order valence-corrected chi connectivity index (χ0v) is 8.19. The largest absolute Gasteiger partial charge is 0.410 e. The van der Waals surface area contributed by atoms with Crippen LogP contribution in [0, 0.1) is 12.7 Å². The van der Waals surface area contributed by atoms with Crippen molar-refractivity contribution < 1.29 is 9.60 Å². The molecule has 0 atom stereocenters. The van der Waals surface area contributed by atoms with Crippen LogP contribution in [0.25, 0.3) is 0 Å². The van der Waals surface area contributed by atoms with Crippen LogP contribution in [0.15, 0.2) is 17.3 Å². The van der Waals surface area contributed by atoms with Gasteiger partial charge in [-0.2, -0.15) is 0 Å². The minimum absolute atomic E-state index is 0.125. The average molecular weight is 222 g/mol. The Kier molecular flexibility index (Phi) is 3.12. The summed E-state index contributed by atoms with van der Waals surface area (Å²) in [6.45, 7) is 1.62. The summed E-state index contributed by atoms with van der Waals surface area (Å²) >= 11 is 11.2. The fourth-order valence-electron chi connectivity index (χ4n) is 1.01. The molecule has 0 bridgehead atoms. The van der Waals surface area contributed by atoms with Gasteiger partial charge < -0.3 is 5.21 Å². The summed E-state index contributed by atoms with van der Waals surface area (Å²) in [4.78, 5) is 0. The molecule has 0 aromatic heterocycles. The van der Waals surface area contributed by atoms with E-state index < -0.39 is 5.82 Å². The van der Waals surface area contributed by atoms with Crippen LogP contribution in [-0.2, 0) is 0 Å². The Morgan fingerprint density at radius 3 is 2.62 bits per heavy atom. The number of halogens is 3. The minimum atomic E-state index is -0.450. The fraction of sp³-hybridized carbons (Fsp3) is 0.125. The number of oxime groups is 1. The van der Waals surface area contributed by atoms with Gasteiger partial charge in [0, 0.05) is 5.56 Å². The van der Waals surface area contributed by atoms with Crippen molar-refractivity contribution >= 4 is 28.4 Å². The van der Waals surface area contributed by atoms with Crippen molar-refractivity contribution in [2.45, 2.75) is 6.92 Å². The van der Waals surface area contributed by atoms with Crippen LogP contribution in [0.5, 0.6) is 0 Å². The predicted molar refractivity (Wildman–Crippen MR) is 50.3 cm³/mol. The van der Waals surface area contributed by atoms with Crippen molar-refractivity contribution in [3.05, 3.63) is 34.1 Å². The zero-order chi connectivity index (χ0) is 10.0. The Bertz CT molecular complexity index is 342. The topological polar surface area (TPSA) is 32.6 Å². The molecule has 0 unspecified atom stereocenters. The lowest BCUT2D eigenvalue weighted by Gasteiger charge is -2.04. The Morgan fingerprint density at radius 1 is 1.54 bits per heavy atom. The zero-order valence-electron chi connectivity index (χ0n) is 6.68. The van der Waals surface area contributed by atoms with Gasteiger partial charge in [0.05, 0.1) is 5.02 Å². The molecule has 0 aliphatic rings. The van der Waals surface area contributed by atoms with E-state index in [4.69, 9.17) is 28.4 Å². The smallest absolute Gasteiger partial charge is 0.177 e. The second kappa shape index (κ2) is 3.94. The fourth-order valence-corrected chi connectivity index (χ4v) is 1.66. The van der Waals surface area contributed by atoms with Crippen LogP contribution in [0.1, 0.15) is 11.1 Å². The highest BCUT2D eigenvalue weighted by Crippen LogP contribution is 2.23. The lowest BCUT2D eigenvalue weighted by Crippen LogP contribution is -1.97. The number of hydrogen-bond acceptors (Lipinski definition) is 2. The number of hydrogen-bond donors (Lipinski definition) is 1. The number of rotatable bonds is 1. The van der Waals surface area contributed by atoms with E-state index in [9.17, 15) is 4.39 Å². The minimum Gasteiger partial charge on any atom is -0.410 e. The van der Waals surface area contributed by atoms with Crippen LogP contribution in [0.2, 0.25) is 5.02 Å². The molecule has 70 valence electrons. The SMILES string of the molecule is Cc1cc(F)cc(Cl)c1/C(Cl)=N/O. The summed E-state index contributed by atoms with van der Waals surface area (Å²) in [5.74, 6) is -0.450. The lowest BCUT2D eigenvalue weighted by molar-refractivity contribution is 0.321. The van der Waals surface area contributed by atoms with Gasteiger partial charge in [-0.25, -0.2) is 4.39 Å². The van der Waals surface area contributed by atoms with Gasteiger partial charge in [0.15, 0.2) is 5.17 Å². The van der Waals surface area contributed by atoms with Crippen molar-refractivity contribution in [1.82, 2.24) is 0 Å². The maximum Gasteiger partial charge on any atom is 0.177 e. The van der Waals surface area contributed by atoms with Gasteiger partial charge in [-0.3, -0.25) is 0 Å². The van der Waals surface area contributed by atoms with Crippen LogP contribution in [-0.4, -0.2) is 10.4 Å². The summed E-state index contributed by atoms with van der Waals surface area (Å²) in [5, 5.41) is 11.2. The van der Waals surface area contributed by atoms with Gasteiger partial charge in [-0.1, -0.05) is 28.4 Å². The van der Waals surface area contributed by atoms with Gasteiger partial charge in [-0.15, -0.1) is 0 Å². The first-order valence-electron chi connectivity index (χ1n) is 3.40. The van der Waals surface area contributed by atoms with Crippen LogP contribution >= 0.6 is 23.2 Å². The van der Waals surface area contributed by atoms with Gasteiger partial charge in [0.1, 0.15) is 5.82 Å². The van der Waals surface area contributed by atoms with E-state index in [1.807, 2.05) is 0 Å². The first-order chi connectivity index (χ1) is 6.06. The molecule has 0 aliphatic carbocycles. The molecular weight excluding hydrogens is 216 g/mol. The molecule has 1 aromatic rings. The molecule has 2 nitrogen and oxygen atoms in total. The third-order valence-electron chi connectivity index (χ3n) is 1.55. The quantitative estimate of drug-likeness (QED) is 0.441. The van der Waals surface area contributed by atoms with Crippen LogP contribution in [0.3, 0.4) is 0 Å². The van der Waals surface area contributed by atoms with E-state index in [0.717, 1.165) is 6.07 Å². The molecule has 0 radical (unpaired) electrons. The van der Waals surface area contributed by atoms with Crippen molar-refractivity contribution in [3.8, 4) is 0 Å². The molecule has 0 heterocycles. The highest BCUT2D eigenvalue weighted by atomic mass is 35.5. The van der Waals surface area contributed by atoms with E-state index in [2.05, 4.69) is 5.16 Å². The second-order valence-electron chi connectivity index (χ2n) is 2.47. The molecule has 0 fully saturated rings. The second-order valence-corrected chi connectivity index (χ2v) is 3.24. The maximum absolute atomic E-state index is 12.7. The Morgan fingerprint density at radius 2 is 2.15 bits per heavy atom. The molecule has 0 saturated carbocycles. The molecule has 0 saturated heterocycles. The molecule has 5 heteroatoms. The van der Waals surface area contributed by atoms with Crippen molar-refractivity contribution in [3.63, 3.8) is 0 Å². The van der Waals surface area contributed by atoms with Crippen LogP contribution < -0.4 is 0 Å². The standard InChI is InChI=1S/C8H6Cl2FNO/c1-4-2-5(11)3-6(9)7(4)8(10)12-13/h2-3,13H,1H3/b12-8-. The molecule has 1 rings (SSSR count). The molecule has 0 amide bonds. The summed E-state index contributed by atoms with van der Waals surface area (Å²) in [6.07, 6.45) is 0. The van der Waals surface area contributed by atoms with Gasteiger partial charge in [-0.05, 0) is 24.6 Å². The van der Waals surface area contributed by atoms with E-state index in [0.29, 0.717) is 11.1 Å². The first kappa shape index (κ1) is 10.3. The molecule has 1 N–H and O–H groups in total. The maximum atomic E-state index is 12.7. The van der Waals surface area contributed by atoms with Crippen molar-refractivity contribution in [2.75, 3.05) is 0 Å². The van der Waals surface area contributed by atoms with Crippen molar-refractivity contribution in [1.29, 1.82) is 0 Å². The normalized spacial score (nSPS) is 11.8. The van der Waals surface area contributed by atoms with Gasteiger partial charge >= 0.3 is 0 Å². The Balaban J connectivity index is 3.37. The monoisotopic (exact) mass is 221 g/mol. The number of aryl methyl sites for hydroxylation is 1. The predicted octanol–water partition coefficient (Wildman–Crippen LogP) is 3.16. The van der Waals surface area contributed by atoms with E-state index in [-0.39, 0.29) is 10.2 Å². The molecule has 13 heavy (non-hydrogen) atoms. The molecular formula is C8H6Cl2FNO. The van der Waals surface area contributed by atoms with Gasteiger partial charge in [0.2, 0.25) is 0 Å². The van der Waals surface area contributed by atoms with Crippen LogP contribution in [0.4, 0.5) is 4.39 Å². The Labute approximate surface area is 84.6 Å². The summed E-state index contributed by atoms with van der Waals surface area (Å²) in [6, 6.07) is 2.37. The van der Waals surface area contributed by atoms with Gasteiger partial charge in [0.25, 0.3) is 0 Å². The first-order valence-corrected chi connectivity index (χ1v) is 4.15. The highest BCUT2D eigenvalue weighted by molar-refractivity contribution is 6.70. The Hall–Kier alpha value is -0.800. The third kappa shape index (κ3) is 2.11. The lowest BCUT2D eigenvalue weighted by atomic mass is 10.1. The number of nitrogens with zero attached hydrogens (tertiary/aromatic N) is 1. The van der Waals surface area contributed by atoms with E-state index in [1.54, 1.807) is 6.92 Å². The van der Waals surface area contributed by atoms with E-state index >= 15 is 0 Å². The van der Waals surface area contributed by atoms with Crippen molar-refractivity contribution in [2.24, 2.45) is 5.16 Å². The third-order valence-corrected chi connectivity index (χ3v) is 2.11. The number of benzene rings is 1. The average Bonchev–Trinajstić information content (AvgIpc) is 2.02. The summed E-state index contributed by atoms with van der Waals surface area (Å²) < 4.78 is 12.7.